The van der Waals surface area contributed by atoms with E-state index in [4.69, 9.17) is 0 Å². The van der Waals surface area contributed by atoms with Gasteiger partial charge in [-0.25, -0.2) is 0 Å². The highest BCUT2D eigenvalue weighted by Gasteiger charge is 2.63. The van der Waals surface area contributed by atoms with Crippen molar-refractivity contribution < 1.29 is 8.97 Å². The third kappa shape index (κ3) is 1.86. The second-order valence-electron chi connectivity index (χ2n) is 8.87. The average molecular weight is 305 g/mol. The molecule has 22 heavy (non-hydrogen) atoms. The lowest BCUT2D eigenvalue weighted by Gasteiger charge is -2.45. The van der Waals surface area contributed by atoms with Gasteiger partial charge < -0.3 is 8.97 Å². The normalized spacial score (nSPS) is 46.7. The molecule has 4 unspecified atom stereocenters. The Bertz CT molecular complexity index is 390. The van der Waals surface area contributed by atoms with Crippen molar-refractivity contribution in [2.45, 2.75) is 27.7 Å². The summed E-state index contributed by atoms with van der Waals surface area (Å²) >= 11 is 0. The Balaban J connectivity index is 1.63. The molecule has 0 N–H and O–H groups in total. The molecule has 2 aliphatic heterocycles. The van der Waals surface area contributed by atoms with Crippen LogP contribution in [0.5, 0.6) is 0 Å². The number of quaternary nitrogens is 2. The maximum atomic E-state index is 2.67. The number of hydrogen-bond acceptors (Lipinski definition) is 0. The van der Waals surface area contributed by atoms with E-state index in [9.17, 15) is 0 Å². The van der Waals surface area contributed by atoms with Crippen molar-refractivity contribution in [2.24, 2.45) is 35.5 Å². The fraction of sp³-hybridized carbons (Fsp3) is 0.900. The monoisotopic (exact) mass is 304 g/mol. The lowest BCUT2D eigenvalue weighted by molar-refractivity contribution is -0.918. The van der Waals surface area contributed by atoms with Crippen molar-refractivity contribution in [2.75, 3.05) is 52.4 Å². The minimum atomic E-state index is 0.913. The van der Waals surface area contributed by atoms with Crippen LogP contribution in [0.25, 0.3) is 0 Å². The van der Waals surface area contributed by atoms with Crippen LogP contribution in [0.3, 0.4) is 0 Å². The van der Waals surface area contributed by atoms with Gasteiger partial charge in [0, 0.05) is 23.7 Å². The Labute approximate surface area is 137 Å². The molecular formula is C20H36N2+2. The highest BCUT2D eigenvalue weighted by atomic mass is 15.4. The summed E-state index contributed by atoms with van der Waals surface area (Å²) in [5.41, 5.74) is 0. The average Bonchev–Trinajstić information content (AvgIpc) is 3.16. The molecule has 124 valence electrons. The second-order valence-corrected chi connectivity index (χ2v) is 8.87. The number of rotatable bonds is 4. The summed E-state index contributed by atoms with van der Waals surface area (Å²) < 4.78 is 2.82. The first-order valence-corrected chi connectivity index (χ1v) is 9.99. The summed E-state index contributed by atoms with van der Waals surface area (Å²) in [7, 11) is 0. The molecule has 2 nitrogen and oxygen atoms in total. The van der Waals surface area contributed by atoms with Crippen LogP contribution in [0.15, 0.2) is 12.2 Å². The zero-order chi connectivity index (χ0) is 15.5. The fourth-order valence-electron chi connectivity index (χ4n) is 7.05. The molecule has 2 bridgehead atoms. The molecule has 2 heterocycles. The molecule has 0 aromatic carbocycles. The number of hydrogen-bond donors (Lipinski definition) is 0. The van der Waals surface area contributed by atoms with E-state index in [0.29, 0.717) is 0 Å². The lowest BCUT2D eigenvalue weighted by Crippen LogP contribution is -2.47. The third-order valence-corrected chi connectivity index (χ3v) is 8.71. The van der Waals surface area contributed by atoms with Crippen molar-refractivity contribution in [1.29, 1.82) is 0 Å². The van der Waals surface area contributed by atoms with Crippen molar-refractivity contribution in [3.63, 3.8) is 0 Å². The first-order valence-electron chi connectivity index (χ1n) is 9.99. The maximum Gasteiger partial charge on any atom is 0.0826 e. The Morgan fingerprint density at radius 1 is 0.591 bits per heavy atom. The largest absolute Gasteiger partial charge is 0.324 e. The van der Waals surface area contributed by atoms with Crippen molar-refractivity contribution in [3.05, 3.63) is 12.2 Å². The van der Waals surface area contributed by atoms with Crippen LogP contribution in [-0.4, -0.2) is 61.3 Å². The fourth-order valence-corrected chi connectivity index (χ4v) is 7.05. The van der Waals surface area contributed by atoms with Crippen LogP contribution in [-0.2, 0) is 0 Å². The first-order chi connectivity index (χ1) is 10.6. The molecule has 0 amide bonds. The zero-order valence-corrected chi connectivity index (χ0v) is 15.2. The van der Waals surface area contributed by atoms with Gasteiger partial charge in [-0.1, -0.05) is 12.2 Å². The summed E-state index contributed by atoms with van der Waals surface area (Å²) in [6.45, 7) is 21.0. The van der Waals surface area contributed by atoms with Gasteiger partial charge in [0.15, 0.2) is 0 Å². The molecular weight excluding hydrogens is 268 g/mol. The highest BCUT2D eigenvalue weighted by Crippen LogP contribution is 2.58. The smallest absolute Gasteiger partial charge is 0.0826 e. The van der Waals surface area contributed by atoms with Gasteiger partial charge in [0.1, 0.15) is 0 Å². The predicted octanol–water partition coefficient (Wildman–Crippen LogP) is 3.01. The molecule has 4 atom stereocenters. The SMILES string of the molecule is CC[N+]1(CC)CC2C3C=CC(C2C1)C1C[N+](CC)(CC)CC31. The van der Waals surface area contributed by atoms with Crippen LogP contribution in [0.2, 0.25) is 0 Å². The molecule has 3 fully saturated rings. The molecule has 2 heteroatoms. The van der Waals surface area contributed by atoms with Gasteiger partial charge in [0.05, 0.1) is 52.4 Å². The van der Waals surface area contributed by atoms with Gasteiger partial charge in [-0.15, -0.1) is 0 Å². The molecule has 2 saturated heterocycles. The van der Waals surface area contributed by atoms with Crippen molar-refractivity contribution in [1.82, 2.24) is 0 Å². The zero-order valence-electron chi connectivity index (χ0n) is 15.2. The molecule has 5 rings (SSSR count). The Morgan fingerprint density at radius 2 is 0.864 bits per heavy atom. The molecule has 0 radical (unpaired) electrons. The van der Waals surface area contributed by atoms with Crippen LogP contribution < -0.4 is 0 Å². The van der Waals surface area contributed by atoms with Crippen LogP contribution in [0, 0.1) is 35.5 Å². The molecule has 0 aromatic heterocycles. The van der Waals surface area contributed by atoms with Crippen LogP contribution in [0.1, 0.15) is 27.7 Å². The maximum absolute atomic E-state index is 2.67. The minimum Gasteiger partial charge on any atom is -0.324 e. The lowest BCUT2D eigenvalue weighted by atomic mass is 9.55. The summed E-state index contributed by atoms with van der Waals surface area (Å²) in [4.78, 5) is 0. The number of nitrogens with zero attached hydrogens (tertiary/aromatic N) is 2. The minimum absolute atomic E-state index is 0.913. The molecule has 3 aliphatic carbocycles. The van der Waals surface area contributed by atoms with E-state index in [2.05, 4.69) is 39.8 Å². The van der Waals surface area contributed by atoms with Gasteiger partial charge in [-0.3, -0.25) is 0 Å². The van der Waals surface area contributed by atoms with Crippen LogP contribution >= 0.6 is 0 Å². The molecule has 1 saturated carbocycles. The highest BCUT2D eigenvalue weighted by molar-refractivity contribution is 5.17. The van der Waals surface area contributed by atoms with Gasteiger partial charge in [0.25, 0.3) is 0 Å². The Hall–Kier alpha value is -0.340. The van der Waals surface area contributed by atoms with Gasteiger partial charge in [-0.05, 0) is 39.5 Å². The topological polar surface area (TPSA) is 0 Å². The van der Waals surface area contributed by atoms with E-state index in [1.807, 2.05) is 0 Å². The summed E-state index contributed by atoms with van der Waals surface area (Å²) in [6.07, 6.45) is 5.34. The van der Waals surface area contributed by atoms with E-state index in [1.165, 1.54) is 61.3 Å². The van der Waals surface area contributed by atoms with E-state index >= 15 is 0 Å². The summed E-state index contributed by atoms with van der Waals surface area (Å²) in [6, 6.07) is 0. The summed E-state index contributed by atoms with van der Waals surface area (Å²) in [5.74, 6) is 5.84. The molecule has 0 spiro atoms. The summed E-state index contributed by atoms with van der Waals surface area (Å²) in [5, 5.41) is 0. The number of likely N-dealkylation sites (tertiary alicyclic amines) is 2. The van der Waals surface area contributed by atoms with Gasteiger partial charge in [0.2, 0.25) is 0 Å². The van der Waals surface area contributed by atoms with E-state index in [1.54, 1.807) is 0 Å². The van der Waals surface area contributed by atoms with Crippen LogP contribution in [0.4, 0.5) is 0 Å². The van der Waals surface area contributed by atoms with Crippen molar-refractivity contribution >= 4 is 0 Å². The Morgan fingerprint density at radius 3 is 1.09 bits per heavy atom. The number of allylic oxidation sites excluding steroid dienone is 2. The first kappa shape index (κ1) is 15.2. The standard InChI is InChI=1S/C20H36N2/c1-5-21(6-2)11-17-15-9-10-16(18(17)12-21)20-14-22(7-3,8-4)13-19(15)20/h9-10,15-20H,5-8,11-14H2,1-4H3/q+2. The van der Waals surface area contributed by atoms with Gasteiger partial charge in [-0.2, -0.15) is 0 Å². The predicted molar refractivity (Wildman–Crippen MR) is 92.2 cm³/mol. The third-order valence-electron chi connectivity index (χ3n) is 8.71. The quantitative estimate of drug-likeness (QED) is 0.553. The molecule has 0 aromatic rings. The van der Waals surface area contributed by atoms with E-state index < -0.39 is 0 Å². The molecule has 5 aliphatic rings. The van der Waals surface area contributed by atoms with Crippen molar-refractivity contribution in [3.8, 4) is 0 Å². The van der Waals surface area contributed by atoms with E-state index in [0.717, 1.165) is 35.5 Å². The van der Waals surface area contributed by atoms with E-state index in [-0.39, 0.29) is 0 Å². The van der Waals surface area contributed by atoms with Gasteiger partial charge >= 0.3 is 0 Å². The Kier molecular flexibility index (Phi) is 3.51. The second kappa shape index (κ2) is 5.08.